The molecule has 2 heterocycles. The average molecular weight is 430 g/mol. The Morgan fingerprint density at radius 2 is 1.84 bits per heavy atom. The summed E-state index contributed by atoms with van der Waals surface area (Å²) < 4.78 is 3.35. The Morgan fingerprint density at radius 3 is 2.50 bits per heavy atom. The Bertz CT molecular complexity index is 1230. The number of rotatable bonds is 9. The Hall–Kier alpha value is -3.81. The van der Waals surface area contributed by atoms with Crippen molar-refractivity contribution >= 4 is 0 Å². The van der Waals surface area contributed by atoms with Crippen LogP contribution in [0, 0.1) is 5.92 Å². The van der Waals surface area contributed by atoms with E-state index >= 15 is 0 Å². The normalized spacial score (nSPS) is 11.2. The highest BCUT2D eigenvalue weighted by molar-refractivity contribution is 5.80. The molecule has 164 valence electrons. The summed E-state index contributed by atoms with van der Waals surface area (Å²) in [5, 5.41) is 19.0. The molecule has 0 spiro atoms. The standard InChI is InChI=1S/C24H27N7O/c1-4-5-10-22-27-31(15-17(2)3)24(32)30(22)16-18-11-13-19(14-12-18)20-8-6-7-9-21(20)23-25-28-29-26-23/h4,6-9,11-14,17H,1,5,10,15-16H2,2-3H3,(H,25,26,28,29). The molecule has 32 heavy (non-hydrogen) atoms. The van der Waals surface area contributed by atoms with Gasteiger partial charge in [0, 0.05) is 18.5 Å². The number of benzene rings is 2. The zero-order valence-electron chi connectivity index (χ0n) is 18.4. The number of aromatic amines is 1. The second-order valence-electron chi connectivity index (χ2n) is 8.17. The molecular weight excluding hydrogens is 402 g/mol. The van der Waals surface area contributed by atoms with Gasteiger partial charge in [-0.25, -0.2) is 9.48 Å². The van der Waals surface area contributed by atoms with Crippen LogP contribution in [0.25, 0.3) is 22.5 Å². The second-order valence-corrected chi connectivity index (χ2v) is 8.17. The van der Waals surface area contributed by atoms with Gasteiger partial charge in [-0.3, -0.25) is 4.57 Å². The number of aromatic nitrogens is 7. The molecule has 0 bridgehead atoms. The topological polar surface area (TPSA) is 94.3 Å². The van der Waals surface area contributed by atoms with Gasteiger partial charge in [-0.1, -0.05) is 68.5 Å². The molecule has 0 fully saturated rings. The summed E-state index contributed by atoms with van der Waals surface area (Å²) in [5.41, 5.74) is 3.95. The van der Waals surface area contributed by atoms with Crippen LogP contribution >= 0.6 is 0 Å². The fraction of sp³-hybridized carbons (Fsp3) is 0.292. The lowest BCUT2D eigenvalue weighted by Crippen LogP contribution is -2.27. The van der Waals surface area contributed by atoms with Gasteiger partial charge in [-0.05, 0) is 34.2 Å². The third kappa shape index (κ3) is 4.59. The largest absolute Gasteiger partial charge is 0.346 e. The molecule has 0 aliphatic heterocycles. The number of H-pyrrole nitrogens is 1. The summed E-state index contributed by atoms with van der Waals surface area (Å²) in [7, 11) is 0. The Balaban J connectivity index is 1.62. The van der Waals surface area contributed by atoms with Crippen molar-refractivity contribution < 1.29 is 0 Å². The van der Waals surface area contributed by atoms with E-state index in [1.54, 1.807) is 9.25 Å². The zero-order chi connectivity index (χ0) is 22.5. The van der Waals surface area contributed by atoms with Crippen LogP contribution in [-0.2, 0) is 19.5 Å². The van der Waals surface area contributed by atoms with Crippen molar-refractivity contribution in [3.63, 3.8) is 0 Å². The van der Waals surface area contributed by atoms with E-state index in [1.165, 1.54) is 0 Å². The number of tetrazole rings is 1. The minimum absolute atomic E-state index is 0.0655. The molecule has 0 aliphatic carbocycles. The highest BCUT2D eigenvalue weighted by Gasteiger charge is 2.15. The maximum Gasteiger partial charge on any atom is 0.346 e. The SMILES string of the molecule is C=CCCc1nn(CC(C)C)c(=O)n1Cc1ccc(-c2ccccc2-c2nn[nH]n2)cc1. The fourth-order valence-electron chi connectivity index (χ4n) is 3.70. The smallest absolute Gasteiger partial charge is 0.274 e. The van der Waals surface area contributed by atoms with E-state index < -0.39 is 0 Å². The van der Waals surface area contributed by atoms with Crippen LogP contribution in [0.5, 0.6) is 0 Å². The summed E-state index contributed by atoms with van der Waals surface area (Å²) in [6.07, 6.45) is 3.33. The molecule has 0 atom stereocenters. The summed E-state index contributed by atoms with van der Waals surface area (Å²) in [5.74, 6) is 1.70. The van der Waals surface area contributed by atoms with E-state index in [0.29, 0.717) is 31.3 Å². The molecule has 0 aliphatic rings. The number of nitrogens with one attached hydrogen (secondary N) is 1. The summed E-state index contributed by atoms with van der Waals surface area (Å²) in [4.78, 5) is 13.0. The number of allylic oxidation sites excluding steroid dienone is 1. The Morgan fingerprint density at radius 1 is 1.09 bits per heavy atom. The van der Waals surface area contributed by atoms with Crippen LogP contribution < -0.4 is 5.69 Å². The van der Waals surface area contributed by atoms with Gasteiger partial charge in [0.2, 0.25) is 5.82 Å². The van der Waals surface area contributed by atoms with Gasteiger partial charge in [-0.2, -0.15) is 10.3 Å². The molecular formula is C24H27N7O. The van der Waals surface area contributed by atoms with E-state index in [4.69, 9.17) is 0 Å². The van der Waals surface area contributed by atoms with Crippen LogP contribution in [0.2, 0.25) is 0 Å². The predicted molar refractivity (Wildman–Crippen MR) is 124 cm³/mol. The van der Waals surface area contributed by atoms with Crippen molar-refractivity contribution in [2.24, 2.45) is 5.92 Å². The lowest BCUT2D eigenvalue weighted by atomic mass is 9.98. The first-order valence-electron chi connectivity index (χ1n) is 10.8. The second kappa shape index (κ2) is 9.55. The molecule has 0 radical (unpaired) electrons. The van der Waals surface area contributed by atoms with Crippen molar-refractivity contribution in [3.8, 4) is 22.5 Å². The lowest BCUT2D eigenvalue weighted by Gasteiger charge is -2.09. The molecule has 8 nitrogen and oxygen atoms in total. The Kier molecular flexibility index (Phi) is 6.39. The van der Waals surface area contributed by atoms with E-state index in [1.807, 2.05) is 42.5 Å². The van der Waals surface area contributed by atoms with Gasteiger partial charge in [0.05, 0.1) is 6.54 Å². The van der Waals surface area contributed by atoms with Crippen molar-refractivity contribution in [2.45, 2.75) is 39.8 Å². The molecule has 4 aromatic rings. The van der Waals surface area contributed by atoms with Gasteiger partial charge in [0.15, 0.2) is 0 Å². The molecule has 2 aromatic carbocycles. The van der Waals surface area contributed by atoms with E-state index in [2.05, 4.69) is 58.3 Å². The highest BCUT2D eigenvalue weighted by atomic mass is 16.2. The average Bonchev–Trinajstić information content (AvgIpc) is 3.43. The molecule has 0 saturated carbocycles. The van der Waals surface area contributed by atoms with Crippen molar-refractivity contribution in [3.05, 3.63) is 83.1 Å². The first kappa shape index (κ1) is 21.4. The van der Waals surface area contributed by atoms with E-state index in [9.17, 15) is 4.79 Å². The van der Waals surface area contributed by atoms with Crippen LogP contribution in [0.15, 0.2) is 66.0 Å². The van der Waals surface area contributed by atoms with Gasteiger partial charge < -0.3 is 0 Å². The number of hydrogen-bond acceptors (Lipinski definition) is 5. The van der Waals surface area contributed by atoms with Gasteiger partial charge in [0.25, 0.3) is 0 Å². The van der Waals surface area contributed by atoms with Crippen molar-refractivity contribution in [2.75, 3.05) is 0 Å². The molecule has 8 heteroatoms. The van der Waals surface area contributed by atoms with Crippen molar-refractivity contribution in [1.82, 2.24) is 35.0 Å². The fourth-order valence-corrected chi connectivity index (χ4v) is 3.70. The van der Waals surface area contributed by atoms with Crippen LogP contribution in [0.3, 0.4) is 0 Å². The summed E-state index contributed by atoms with van der Waals surface area (Å²) in [6.45, 7) is 9.05. The van der Waals surface area contributed by atoms with E-state index in [0.717, 1.165) is 34.5 Å². The maximum absolute atomic E-state index is 13.0. The number of nitrogens with zero attached hydrogens (tertiary/aromatic N) is 6. The molecule has 1 N–H and O–H groups in total. The molecule has 2 aromatic heterocycles. The monoisotopic (exact) mass is 429 g/mol. The molecule has 0 amide bonds. The lowest BCUT2D eigenvalue weighted by molar-refractivity contribution is 0.465. The summed E-state index contributed by atoms with van der Waals surface area (Å²) in [6, 6.07) is 16.2. The van der Waals surface area contributed by atoms with Crippen LogP contribution in [0.1, 0.15) is 31.7 Å². The minimum atomic E-state index is -0.0655. The minimum Gasteiger partial charge on any atom is -0.274 e. The third-order valence-corrected chi connectivity index (χ3v) is 5.23. The predicted octanol–water partition coefficient (Wildman–Crippen LogP) is 3.71. The van der Waals surface area contributed by atoms with E-state index in [-0.39, 0.29) is 5.69 Å². The van der Waals surface area contributed by atoms with Gasteiger partial charge in [-0.15, -0.1) is 16.8 Å². The molecule has 0 saturated heterocycles. The van der Waals surface area contributed by atoms with Gasteiger partial charge in [0.1, 0.15) is 5.82 Å². The maximum atomic E-state index is 13.0. The molecule has 0 unspecified atom stereocenters. The van der Waals surface area contributed by atoms with Crippen LogP contribution in [0.4, 0.5) is 0 Å². The third-order valence-electron chi connectivity index (χ3n) is 5.23. The van der Waals surface area contributed by atoms with Crippen LogP contribution in [-0.4, -0.2) is 35.0 Å². The molecule has 4 rings (SSSR count). The zero-order valence-corrected chi connectivity index (χ0v) is 18.4. The highest BCUT2D eigenvalue weighted by Crippen LogP contribution is 2.29. The quantitative estimate of drug-likeness (QED) is 0.409. The first-order valence-corrected chi connectivity index (χ1v) is 10.8. The first-order chi connectivity index (χ1) is 15.6. The Labute approximate surface area is 186 Å². The number of aryl methyl sites for hydroxylation is 1. The van der Waals surface area contributed by atoms with Crippen molar-refractivity contribution in [1.29, 1.82) is 0 Å². The summed E-state index contributed by atoms with van der Waals surface area (Å²) >= 11 is 0. The van der Waals surface area contributed by atoms with Gasteiger partial charge >= 0.3 is 5.69 Å². The number of hydrogen-bond donors (Lipinski definition) is 1.